The number of nitrogens with one attached hydrogen (secondary N) is 1. The second-order valence-corrected chi connectivity index (χ2v) is 4.91. The Morgan fingerprint density at radius 2 is 2.31 bits per heavy atom. The molecule has 1 aliphatic heterocycles. The number of rotatable bonds is 3. The lowest BCUT2D eigenvalue weighted by Crippen LogP contribution is -2.19. The first kappa shape index (κ1) is 11.5. The third kappa shape index (κ3) is 2.41. The average Bonchev–Trinajstić information content (AvgIpc) is 2.28. The van der Waals surface area contributed by atoms with Gasteiger partial charge >= 0.3 is 0 Å². The van der Waals surface area contributed by atoms with E-state index >= 15 is 0 Å². The van der Waals surface area contributed by atoms with Gasteiger partial charge in [0.05, 0.1) is 11.4 Å². The van der Waals surface area contributed by atoms with Gasteiger partial charge in [0, 0.05) is 16.9 Å². The molecule has 0 fully saturated rings. The SMILES string of the molecule is O=C1CSc2ccc(C(=O)CCS)cc2N1. The summed E-state index contributed by atoms with van der Waals surface area (Å²) in [5, 5.41) is 2.77. The van der Waals surface area contributed by atoms with Crippen molar-refractivity contribution < 1.29 is 9.59 Å². The lowest BCUT2D eigenvalue weighted by atomic mass is 10.1. The molecule has 1 amide bonds. The highest BCUT2D eigenvalue weighted by Crippen LogP contribution is 2.32. The summed E-state index contributed by atoms with van der Waals surface area (Å²) < 4.78 is 0. The summed E-state index contributed by atoms with van der Waals surface area (Å²) in [4.78, 5) is 23.9. The normalized spacial score (nSPS) is 14.2. The number of anilines is 1. The number of thiol groups is 1. The summed E-state index contributed by atoms with van der Waals surface area (Å²) in [6, 6.07) is 5.42. The van der Waals surface area contributed by atoms with Crippen molar-refractivity contribution in [3.8, 4) is 0 Å². The number of ketones is 1. The first-order valence-corrected chi connectivity index (χ1v) is 6.53. The molecular weight excluding hydrogens is 242 g/mol. The Hall–Kier alpha value is -0.940. The van der Waals surface area contributed by atoms with Crippen LogP contribution in [0.5, 0.6) is 0 Å². The molecule has 5 heteroatoms. The predicted molar refractivity (Wildman–Crippen MR) is 68.6 cm³/mol. The largest absolute Gasteiger partial charge is 0.324 e. The summed E-state index contributed by atoms with van der Waals surface area (Å²) >= 11 is 5.52. The van der Waals surface area contributed by atoms with Crippen LogP contribution in [0.2, 0.25) is 0 Å². The van der Waals surface area contributed by atoms with Crippen LogP contribution in [0.1, 0.15) is 16.8 Å². The molecule has 2 rings (SSSR count). The summed E-state index contributed by atoms with van der Waals surface area (Å²) in [5.41, 5.74) is 1.38. The molecule has 0 saturated heterocycles. The average molecular weight is 253 g/mol. The van der Waals surface area contributed by atoms with Gasteiger partial charge in [-0.3, -0.25) is 9.59 Å². The minimum Gasteiger partial charge on any atom is -0.324 e. The van der Waals surface area contributed by atoms with E-state index in [9.17, 15) is 9.59 Å². The van der Waals surface area contributed by atoms with Crippen molar-refractivity contribution in [3.05, 3.63) is 23.8 Å². The second kappa shape index (κ2) is 4.93. The van der Waals surface area contributed by atoms with Crippen LogP contribution in [0.15, 0.2) is 23.1 Å². The van der Waals surface area contributed by atoms with E-state index in [4.69, 9.17) is 0 Å². The van der Waals surface area contributed by atoms with Gasteiger partial charge in [-0.1, -0.05) is 6.07 Å². The van der Waals surface area contributed by atoms with Crippen LogP contribution in [0, 0.1) is 0 Å². The number of Topliss-reactive ketones (excluding diaryl/α,β-unsaturated/α-hetero) is 1. The second-order valence-electron chi connectivity index (χ2n) is 3.44. The van der Waals surface area contributed by atoms with Gasteiger partial charge in [-0.2, -0.15) is 12.6 Å². The molecule has 0 aliphatic carbocycles. The zero-order chi connectivity index (χ0) is 11.5. The molecule has 1 aromatic carbocycles. The highest BCUT2D eigenvalue weighted by molar-refractivity contribution is 8.00. The van der Waals surface area contributed by atoms with Crippen molar-refractivity contribution in [1.82, 2.24) is 0 Å². The van der Waals surface area contributed by atoms with E-state index in [-0.39, 0.29) is 11.7 Å². The van der Waals surface area contributed by atoms with Gasteiger partial charge in [0.1, 0.15) is 0 Å². The van der Waals surface area contributed by atoms with Crippen LogP contribution in [0.25, 0.3) is 0 Å². The predicted octanol–water partition coefficient (Wildman–Crippen LogP) is 2.23. The van der Waals surface area contributed by atoms with E-state index in [0.29, 0.717) is 23.5 Å². The third-order valence-electron chi connectivity index (χ3n) is 2.27. The van der Waals surface area contributed by atoms with Gasteiger partial charge in [-0.15, -0.1) is 11.8 Å². The maximum absolute atomic E-state index is 11.6. The quantitative estimate of drug-likeness (QED) is 0.641. The van der Waals surface area contributed by atoms with E-state index in [1.807, 2.05) is 6.07 Å². The zero-order valence-electron chi connectivity index (χ0n) is 8.53. The van der Waals surface area contributed by atoms with Crippen molar-refractivity contribution in [3.63, 3.8) is 0 Å². The zero-order valence-corrected chi connectivity index (χ0v) is 10.2. The van der Waals surface area contributed by atoms with Gasteiger partial charge in [0.15, 0.2) is 5.78 Å². The lowest BCUT2D eigenvalue weighted by molar-refractivity contribution is -0.113. The molecule has 3 nitrogen and oxygen atoms in total. The van der Waals surface area contributed by atoms with Gasteiger partial charge < -0.3 is 5.32 Å². The molecule has 0 radical (unpaired) electrons. The van der Waals surface area contributed by atoms with Gasteiger partial charge in [-0.25, -0.2) is 0 Å². The van der Waals surface area contributed by atoms with E-state index < -0.39 is 0 Å². The molecular formula is C11H11NO2S2. The molecule has 0 aromatic heterocycles. The van der Waals surface area contributed by atoms with E-state index in [1.165, 1.54) is 11.8 Å². The highest BCUT2D eigenvalue weighted by Gasteiger charge is 2.16. The van der Waals surface area contributed by atoms with Crippen molar-refractivity contribution in [2.24, 2.45) is 0 Å². The molecule has 0 bridgehead atoms. The number of hydrogen-bond donors (Lipinski definition) is 2. The Bertz CT molecular complexity index is 446. The Balaban J connectivity index is 2.27. The lowest BCUT2D eigenvalue weighted by Gasteiger charge is -2.16. The summed E-state index contributed by atoms with van der Waals surface area (Å²) in [7, 11) is 0. The fourth-order valence-corrected chi connectivity index (χ4v) is 2.49. The number of benzene rings is 1. The third-order valence-corrected chi connectivity index (χ3v) is 3.57. The molecule has 1 heterocycles. The number of fused-ring (bicyclic) bond motifs is 1. The van der Waals surface area contributed by atoms with Crippen molar-refractivity contribution in [2.45, 2.75) is 11.3 Å². The van der Waals surface area contributed by atoms with Crippen LogP contribution in [-0.2, 0) is 4.79 Å². The number of carbonyl (C=O) groups is 2. The van der Waals surface area contributed by atoms with Gasteiger partial charge in [-0.05, 0) is 17.9 Å². The standard InChI is InChI=1S/C11H11NO2S2/c13-9(3-4-15)7-1-2-10-8(5-7)12-11(14)6-16-10/h1-2,5,15H,3-4,6H2,(H,12,14). The Kier molecular flexibility index (Phi) is 3.56. The van der Waals surface area contributed by atoms with Crippen LogP contribution < -0.4 is 5.32 Å². The maximum atomic E-state index is 11.6. The number of hydrogen-bond acceptors (Lipinski definition) is 4. The molecule has 1 N–H and O–H groups in total. The molecule has 0 spiro atoms. The van der Waals surface area contributed by atoms with E-state index in [1.54, 1.807) is 12.1 Å². The Morgan fingerprint density at radius 1 is 1.50 bits per heavy atom. The van der Waals surface area contributed by atoms with E-state index in [2.05, 4.69) is 17.9 Å². The molecule has 0 saturated carbocycles. The van der Waals surface area contributed by atoms with Crippen molar-refractivity contribution >= 4 is 41.8 Å². The molecule has 0 unspecified atom stereocenters. The first-order chi connectivity index (χ1) is 7.70. The van der Waals surface area contributed by atoms with Crippen molar-refractivity contribution in [1.29, 1.82) is 0 Å². The number of thioether (sulfide) groups is 1. The van der Waals surface area contributed by atoms with Crippen LogP contribution in [0.4, 0.5) is 5.69 Å². The van der Waals surface area contributed by atoms with Crippen LogP contribution in [-0.4, -0.2) is 23.2 Å². The summed E-state index contributed by atoms with van der Waals surface area (Å²) in [6.45, 7) is 0. The fraction of sp³-hybridized carbons (Fsp3) is 0.273. The number of carbonyl (C=O) groups excluding carboxylic acids is 2. The Labute approximate surface area is 103 Å². The molecule has 0 atom stereocenters. The monoisotopic (exact) mass is 253 g/mol. The van der Waals surface area contributed by atoms with Crippen molar-refractivity contribution in [2.75, 3.05) is 16.8 Å². The topological polar surface area (TPSA) is 46.2 Å². The minimum atomic E-state index is -0.0173. The molecule has 1 aliphatic rings. The molecule has 16 heavy (non-hydrogen) atoms. The minimum absolute atomic E-state index is 0.0173. The highest BCUT2D eigenvalue weighted by atomic mass is 32.2. The summed E-state index contributed by atoms with van der Waals surface area (Å²) in [5.74, 6) is 1.02. The smallest absolute Gasteiger partial charge is 0.234 e. The summed E-state index contributed by atoms with van der Waals surface area (Å²) in [6.07, 6.45) is 0.420. The Morgan fingerprint density at radius 3 is 3.06 bits per heavy atom. The van der Waals surface area contributed by atoms with E-state index in [0.717, 1.165) is 10.6 Å². The molecule has 1 aromatic rings. The first-order valence-electron chi connectivity index (χ1n) is 4.91. The van der Waals surface area contributed by atoms with Crippen LogP contribution in [0.3, 0.4) is 0 Å². The van der Waals surface area contributed by atoms with Gasteiger partial charge in [0.25, 0.3) is 0 Å². The van der Waals surface area contributed by atoms with Gasteiger partial charge in [0.2, 0.25) is 5.91 Å². The fourth-order valence-electron chi connectivity index (χ4n) is 1.50. The van der Waals surface area contributed by atoms with Crippen LogP contribution >= 0.6 is 24.4 Å². The maximum Gasteiger partial charge on any atom is 0.234 e. The number of amides is 1. The molecule has 84 valence electrons.